The van der Waals surface area contributed by atoms with Gasteiger partial charge in [0.05, 0.1) is 30.0 Å². The fourth-order valence-corrected chi connectivity index (χ4v) is 5.84. The Hall–Kier alpha value is -4.67. The summed E-state index contributed by atoms with van der Waals surface area (Å²) in [5.41, 5.74) is 1.89. The average Bonchev–Trinajstić information content (AvgIpc) is 3.03. The molecular weight excluding hydrogens is 590 g/mol. The second-order valence-electron chi connectivity index (χ2n) is 11.0. The number of hydrogen-bond acceptors (Lipinski definition) is 5. The molecule has 2 heterocycles. The number of para-hydroxylation sites is 1. The number of piperazine rings is 1. The number of esters is 1. The van der Waals surface area contributed by atoms with Crippen molar-refractivity contribution in [3.8, 4) is 0 Å². The van der Waals surface area contributed by atoms with Crippen molar-refractivity contribution in [1.82, 2.24) is 9.80 Å². The molecule has 0 bridgehead atoms. The third-order valence-electron chi connectivity index (χ3n) is 8.26. The maximum atomic E-state index is 14.2. The zero-order valence-corrected chi connectivity index (χ0v) is 24.9. The Labute approximate surface area is 258 Å². The van der Waals surface area contributed by atoms with Crippen LogP contribution in [0.1, 0.15) is 53.2 Å². The highest BCUT2D eigenvalue weighted by atomic mass is 19.4. The van der Waals surface area contributed by atoms with E-state index in [-0.39, 0.29) is 42.8 Å². The molecule has 2 aliphatic rings. The van der Waals surface area contributed by atoms with Gasteiger partial charge in [0.25, 0.3) is 5.91 Å². The fraction of sp³-hybridized carbons (Fsp3) is 0.324. The first-order chi connectivity index (χ1) is 21.5. The van der Waals surface area contributed by atoms with Crippen LogP contribution in [0.5, 0.6) is 0 Å². The lowest BCUT2D eigenvalue weighted by atomic mass is 9.83. The highest BCUT2D eigenvalue weighted by Crippen LogP contribution is 2.39. The number of allylic oxidation sites excluding steroid dienone is 1. The molecule has 3 aromatic carbocycles. The van der Waals surface area contributed by atoms with E-state index in [4.69, 9.17) is 4.74 Å². The second kappa shape index (κ2) is 13.1. The summed E-state index contributed by atoms with van der Waals surface area (Å²) in [7, 11) is 0. The van der Waals surface area contributed by atoms with Crippen molar-refractivity contribution in [3.63, 3.8) is 0 Å². The Balaban J connectivity index is 1.30. The molecule has 0 aromatic heterocycles. The molecule has 3 aromatic rings. The predicted octanol–water partition coefficient (Wildman–Crippen LogP) is 6.16. The molecule has 0 spiro atoms. The Morgan fingerprint density at radius 1 is 0.911 bits per heavy atom. The van der Waals surface area contributed by atoms with E-state index in [1.807, 2.05) is 4.90 Å². The van der Waals surface area contributed by atoms with Crippen molar-refractivity contribution in [2.24, 2.45) is 0 Å². The topological polar surface area (TPSA) is 70.2 Å². The molecule has 236 valence electrons. The van der Waals surface area contributed by atoms with Crippen molar-refractivity contribution in [2.45, 2.75) is 38.9 Å². The zero-order valence-electron chi connectivity index (χ0n) is 24.9. The standard InChI is InChI=1S/C34H33F4N3O4/c1-3-45-33(44)31-22(2)41(30(42)20-27(31)24-12-14-26(15-13-24)34(36,37)38)21-23-8-10-25(11-9-23)32(43)40-18-16-39(17-19-40)29-7-5-4-6-28(29)35/h4-15,27H,3,16-21H2,1-2H3. The van der Waals surface area contributed by atoms with Gasteiger partial charge in [-0.3, -0.25) is 9.59 Å². The largest absolute Gasteiger partial charge is 0.463 e. The number of amides is 2. The molecule has 1 saturated heterocycles. The molecular formula is C34H33F4N3O4. The number of nitrogens with zero attached hydrogens (tertiary/aromatic N) is 3. The van der Waals surface area contributed by atoms with Crippen molar-refractivity contribution in [3.05, 3.63) is 112 Å². The minimum absolute atomic E-state index is 0.0942. The molecule has 0 saturated carbocycles. The number of alkyl halides is 3. The molecule has 0 aliphatic carbocycles. The second-order valence-corrected chi connectivity index (χ2v) is 11.0. The number of rotatable bonds is 7. The number of halogens is 4. The van der Waals surface area contributed by atoms with Crippen molar-refractivity contribution < 1.29 is 36.7 Å². The third kappa shape index (κ3) is 6.87. The van der Waals surface area contributed by atoms with Gasteiger partial charge >= 0.3 is 12.1 Å². The Morgan fingerprint density at radius 3 is 2.16 bits per heavy atom. The summed E-state index contributed by atoms with van der Waals surface area (Å²) in [6, 6.07) is 17.9. The van der Waals surface area contributed by atoms with Gasteiger partial charge < -0.3 is 19.4 Å². The van der Waals surface area contributed by atoms with Gasteiger partial charge in [0.1, 0.15) is 5.82 Å². The number of carbonyl (C=O) groups excluding carboxylic acids is 3. The summed E-state index contributed by atoms with van der Waals surface area (Å²) < 4.78 is 58.8. The highest BCUT2D eigenvalue weighted by Gasteiger charge is 2.38. The first-order valence-corrected chi connectivity index (χ1v) is 14.7. The van der Waals surface area contributed by atoms with Crippen LogP contribution in [0, 0.1) is 5.82 Å². The van der Waals surface area contributed by atoms with Gasteiger partial charge in [0.15, 0.2) is 0 Å². The molecule has 1 unspecified atom stereocenters. The van der Waals surface area contributed by atoms with E-state index in [0.29, 0.717) is 48.7 Å². The predicted molar refractivity (Wildman–Crippen MR) is 160 cm³/mol. The molecule has 1 fully saturated rings. The minimum atomic E-state index is -4.51. The van der Waals surface area contributed by atoms with Gasteiger partial charge in [-0.05, 0) is 61.4 Å². The smallest absolute Gasteiger partial charge is 0.416 e. The average molecular weight is 624 g/mol. The molecule has 45 heavy (non-hydrogen) atoms. The first kappa shape index (κ1) is 31.7. The molecule has 2 aliphatic heterocycles. The van der Waals surface area contributed by atoms with Crippen LogP contribution in [0.15, 0.2) is 84.1 Å². The number of hydrogen-bond donors (Lipinski definition) is 0. The molecule has 7 nitrogen and oxygen atoms in total. The molecule has 2 amide bonds. The summed E-state index contributed by atoms with van der Waals surface area (Å²) in [6.45, 7) is 5.39. The van der Waals surface area contributed by atoms with Crippen LogP contribution >= 0.6 is 0 Å². The van der Waals surface area contributed by atoms with E-state index in [1.165, 1.54) is 23.1 Å². The van der Waals surface area contributed by atoms with Crippen LogP contribution in [-0.4, -0.2) is 60.4 Å². The van der Waals surface area contributed by atoms with Gasteiger partial charge in [-0.2, -0.15) is 13.2 Å². The Kier molecular flexibility index (Phi) is 9.27. The van der Waals surface area contributed by atoms with E-state index in [2.05, 4.69) is 0 Å². The lowest BCUT2D eigenvalue weighted by Crippen LogP contribution is -2.49. The van der Waals surface area contributed by atoms with Crippen molar-refractivity contribution in [2.75, 3.05) is 37.7 Å². The summed E-state index contributed by atoms with van der Waals surface area (Å²) in [4.78, 5) is 44.7. The zero-order chi connectivity index (χ0) is 32.3. The van der Waals surface area contributed by atoms with Crippen LogP contribution in [0.2, 0.25) is 0 Å². The lowest BCUT2D eigenvalue weighted by Gasteiger charge is -2.36. The molecule has 0 N–H and O–H groups in total. The van der Waals surface area contributed by atoms with Gasteiger partial charge in [0.2, 0.25) is 5.91 Å². The molecule has 11 heteroatoms. The molecule has 0 radical (unpaired) electrons. The van der Waals surface area contributed by atoms with E-state index in [1.54, 1.807) is 61.2 Å². The van der Waals surface area contributed by atoms with E-state index < -0.39 is 23.6 Å². The molecule has 5 rings (SSSR count). The lowest BCUT2D eigenvalue weighted by molar-refractivity contribution is -0.140. The van der Waals surface area contributed by atoms with Crippen LogP contribution in [0.25, 0.3) is 0 Å². The minimum Gasteiger partial charge on any atom is -0.463 e. The van der Waals surface area contributed by atoms with Crippen LogP contribution in [0.3, 0.4) is 0 Å². The van der Waals surface area contributed by atoms with Crippen LogP contribution < -0.4 is 4.90 Å². The number of carbonyl (C=O) groups is 3. The SMILES string of the molecule is CCOC(=O)C1=C(C)N(Cc2ccc(C(=O)N3CCN(c4ccccc4F)CC3)cc2)C(=O)CC1c1ccc(C(F)(F)F)cc1. The van der Waals surface area contributed by atoms with Gasteiger partial charge in [-0.25, -0.2) is 9.18 Å². The van der Waals surface area contributed by atoms with E-state index >= 15 is 0 Å². The maximum Gasteiger partial charge on any atom is 0.416 e. The Morgan fingerprint density at radius 2 is 1.56 bits per heavy atom. The summed E-state index contributed by atoms with van der Waals surface area (Å²) >= 11 is 0. The fourth-order valence-electron chi connectivity index (χ4n) is 5.84. The van der Waals surface area contributed by atoms with E-state index in [0.717, 1.165) is 17.7 Å². The van der Waals surface area contributed by atoms with Crippen molar-refractivity contribution in [1.29, 1.82) is 0 Å². The van der Waals surface area contributed by atoms with E-state index in [9.17, 15) is 31.9 Å². The van der Waals surface area contributed by atoms with Gasteiger partial charge in [-0.15, -0.1) is 0 Å². The van der Waals surface area contributed by atoms with Gasteiger partial charge in [0, 0.05) is 49.8 Å². The maximum absolute atomic E-state index is 14.2. The third-order valence-corrected chi connectivity index (χ3v) is 8.26. The highest BCUT2D eigenvalue weighted by molar-refractivity contribution is 5.96. The Bertz CT molecular complexity index is 1590. The monoisotopic (exact) mass is 623 g/mol. The van der Waals surface area contributed by atoms with Crippen molar-refractivity contribution >= 4 is 23.5 Å². The molecule has 1 atom stereocenters. The quantitative estimate of drug-likeness (QED) is 0.233. The van der Waals surface area contributed by atoms with Gasteiger partial charge in [-0.1, -0.05) is 36.4 Å². The number of anilines is 1. The summed E-state index contributed by atoms with van der Waals surface area (Å²) in [5, 5.41) is 0. The van der Waals surface area contributed by atoms with Crippen LogP contribution in [-0.2, 0) is 27.0 Å². The first-order valence-electron chi connectivity index (χ1n) is 14.7. The normalized spacial score (nSPS) is 17.5. The number of ether oxygens (including phenoxy) is 1. The number of benzene rings is 3. The summed E-state index contributed by atoms with van der Waals surface area (Å²) in [5.74, 6) is -2.13. The van der Waals surface area contributed by atoms with Crippen LogP contribution in [0.4, 0.5) is 23.2 Å². The summed E-state index contributed by atoms with van der Waals surface area (Å²) in [6.07, 6.45) is -4.63.